The molecule has 0 aromatic heterocycles. The van der Waals surface area contributed by atoms with Crippen LogP contribution < -0.4 is 10.6 Å². The molecule has 0 bridgehead atoms. The molecule has 2 aromatic rings. The Kier molecular flexibility index (Phi) is 16.2. The van der Waals surface area contributed by atoms with Crippen LogP contribution in [0.5, 0.6) is 0 Å². The normalized spacial score (nSPS) is 10.2. The van der Waals surface area contributed by atoms with Crippen molar-refractivity contribution < 1.29 is 0 Å². The van der Waals surface area contributed by atoms with Gasteiger partial charge in [0, 0.05) is 23.9 Å². The summed E-state index contributed by atoms with van der Waals surface area (Å²) in [6.45, 7) is 17.8. The highest BCUT2D eigenvalue weighted by Gasteiger charge is 2.12. The Labute approximate surface area is 202 Å². The third kappa shape index (κ3) is 11.1. The largest absolute Gasteiger partial charge is 0.369 e. The van der Waals surface area contributed by atoms with Crippen LogP contribution in [0.3, 0.4) is 0 Å². The van der Waals surface area contributed by atoms with Gasteiger partial charge >= 0.3 is 0 Å². The molecule has 2 N–H and O–H groups in total. The molecule has 0 aliphatic carbocycles. The maximum Gasteiger partial charge on any atom is 0.117 e. The van der Waals surface area contributed by atoms with Crippen LogP contribution in [0.25, 0.3) is 5.70 Å². The fourth-order valence-corrected chi connectivity index (χ4v) is 2.70. The SMILES string of the molecule is C=CNC(C=C)N(C)C(=C)c1ccc(C#Cc2ccc(C/C=C/C)cc2)cc1.CC.CNC. The van der Waals surface area contributed by atoms with Crippen LogP contribution in [0.15, 0.2) is 92.7 Å². The van der Waals surface area contributed by atoms with Gasteiger partial charge in [-0.1, -0.05) is 81.8 Å². The van der Waals surface area contributed by atoms with Gasteiger partial charge in [0.1, 0.15) is 6.17 Å². The van der Waals surface area contributed by atoms with Gasteiger partial charge in [0.05, 0.1) is 0 Å². The van der Waals surface area contributed by atoms with E-state index in [0.717, 1.165) is 28.8 Å². The van der Waals surface area contributed by atoms with Crippen LogP contribution in [0.1, 0.15) is 43.0 Å². The highest BCUT2D eigenvalue weighted by atomic mass is 15.2. The average Bonchev–Trinajstić information content (AvgIpc) is 2.86. The average molecular weight is 444 g/mol. The summed E-state index contributed by atoms with van der Waals surface area (Å²) in [7, 11) is 5.72. The van der Waals surface area contributed by atoms with E-state index >= 15 is 0 Å². The van der Waals surface area contributed by atoms with Crippen molar-refractivity contribution in [1.29, 1.82) is 0 Å². The maximum atomic E-state index is 4.19. The van der Waals surface area contributed by atoms with Gasteiger partial charge in [-0.15, -0.1) is 0 Å². The number of hydrogen-bond acceptors (Lipinski definition) is 3. The smallest absolute Gasteiger partial charge is 0.117 e. The van der Waals surface area contributed by atoms with E-state index in [-0.39, 0.29) is 6.17 Å². The number of nitrogens with zero attached hydrogens (tertiary/aromatic N) is 1. The van der Waals surface area contributed by atoms with Gasteiger partial charge in [-0.3, -0.25) is 0 Å². The highest BCUT2D eigenvalue weighted by molar-refractivity contribution is 5.63. The highest BCUT2D eigenvalue weighted by Crippen LogP contribution is 2.18. The Morgan fingerprint density at radius 3 is 1.88 bits per heavy atom. The molecule has 3 nitrogen and oxygen atoms in total. The van der Waals surface area contributed by atoms with Gasteiger partial charge in [-0.25, -0.2) is 0 Å². The lowest BCUT2D eigenvalue weighted by molar-refractivity contribution is 0.376. The number of benzene rings is 2. The fourth-order valence-electron chi connectivity index (χ4n) is 2.70. The summed E-state index contributed by atoms with van der Waals surface area (Å²) in [5.74, 6) is 6.45. The lowest BCUT2D eigenvalue weighted by atomic mass is 10.1. The Morgan fingerprint density at radius 2 is 1.45 bits per heavy atom. The van der Waals surface area contributed by atoms with Crippen molar-refractivity contribution >= 4 is 5.70 Å². The molecule has 1 unspecified atom stereocenters. The molecular weight excluding hydrogens is 402 g/mol. The lowest BCUT2D eigenvalue weighted by Crippen LogP contribution is -2.37. The van der Waals surface area contributed by atoms with Crippen LogP contribution in [-0.2, 0) is 6.42 Å². The van der Waals surface area contributed by atoms with Crippen LogP contribution in [-0.4, -0.2) is 32.2 Å². The van der Waals surface area contributed by atoms with E-state index in [2.05, 4.69) is 78.6 Å². The predicted octanol–water partition coefficient (Wildman–Crippen LogP) is 6.21. The van der Waals surface area contributed by atoms with Gasteiger partial charge in [0.2, 0.25) is 0 Å². The molecule has 0 aliphatic heterocycles. The molecule has 0 fully saturated rings. The molecule has 0 radical (unpaired) electrons. The van der Waals surface area contributed by atoms with Crippen molar-refractivity contribution in [1.82, 2.24) is 15.5 Å². The van der Waals surface area contributed by atoms with Crippen LogP contribution in [0.4, 0.5) is 0 Å². The number of likely N-dealkylation sites (N-methyl/N-ethyl adjacent to an activating group) is 1. The van der Waals surface area contributed by atoms with E-state index in [1.807, 2.05) is 77.2 Å². The zero-order chi connectivity index (χ0) is 25.1. The molecule has 2 aromatic carbocycles. The molecule has 33 heavy (non-hydrogen) atoms. The molecule has 0 amide bonds. The molecule has 0 saturated carbocycles. The lowest BCUT2D eigenvalue weighted by Gasteiger charge is -2.29. The molecule has 0 aliphatic rings. The third-order valence-corrected chi connectivity index (χ3v) is 4.47. The molecule has 0 heterocycles. The van der Waals surface area contributed by atoms with E-state index in [4.69, 9.17) is 0 Å². The zero-order valence-electron chi connectivity index (χ0n) is 21.3. The monoisotopic (exact) mass is 443 g/mol. The number of rotatable bonds is 8. The van der Waals surface area contributed by atoms with Crippen LogP contribution in [0.2, 0.25) is 0 Å². The van der Waals surface area contributed by atoms with Crippen LogP contribution in [0, 0.1) is 11.8 Å². The van der Waals surface area contributed by atoms with E-state index in [0.29, 0.717) is 0 Å². The van der Waals surface area contributed by atoms with E-state index in [1.54, 1.807) is 6.20 Å². The first kappa shape index (κ1) is 29.5. The van der Waals surface area contributed by atoms with Crippen molar-refractivity contribution in [3.8, 4) is 11.8 Å². The minimum atomic E-state index is -0.0553. The minimum Gasteiger partial charge on any atom is -0.369 e. The fraction of sp³-hybridized carbons (Fsp3) is 0.267. The number of allylic oxidation sites excluding steroid dienone is 2. The van der Waals surface area contributed by atoms with Gasteiger partial charge in [-0.05, 0) is 75.1 Å². The van der Waals surface area contributed by atoms with Crippen molar-refractivity contribution in [2.45, 2.75) is 33.4 Å². The van der Waals surface area contributed by atoms with Crippen molar-refractivity contribution in [3.05, 3.63) is 115 Å². The molecule has 1 atom stereocenters. The third-order valence-electron chi connectivity index (χ3n) is 4.47. The van der Waals surface area contributed by atoms with E-state index in [1.165, 1.54) is 5.56 Å². The van der Waals surface area contributed by atoms with Crippen molar-refractivity contribution in [3.63, 3.8) is 0 Å². The molecule has 0 saturated heterocycles. The van der Waals surface area contributed by atoms with E-state index in [9.17, 15) is 0 Å². The summed E-state index contributed by atoms with van der Waals surface area (Å²) < 4.78 is 0. The zero-order valence-corrected chi connectivity index (χ0v) is 21.3. The second-order valence-electron chi connectivity index (χ2n) is 6.91. The summed E-state index contributed by atoms with van der Waals surface area (Å²) >= 11 is 0. The summed E-state index contributed by atoms with van der Waals surface area (Å²) in [6, 6.07) is 16.5. The summed E-state index contributed by atoms with van der Waals surface area (Å²) in [5.41, 5.74) is 5.22. The van der Waals surface area contributed by atoms with E-state index < -0.39 is 0 Å². The first-order chi connectivity index (χ1) is 16.0. The molecular formula is C30H41N3. The summed E-state index contributed by atoms with van der Waals surface area (Å²) in [6.07, 6.45) is 8.59. The van der Waals surface area contributed by atoms with Gasteiger partial charge < -0.3 is 15.5 Å². The second-order valence-corrected chi connectivity index (χ2v) is 6.91. The summed E-state index contributed by atoms with van der Waals surface area (Å²) in [4.78, 5) is 2.02. The maximum absolute atomic E-state index is 4.19. The number of hydrogen-bond donors (Lipinski definition) is 2. The topological polar surface area (TPSA) is 27.3 Å². The predicted molar refractivity (Wildman–Crippen MR) is 148 cm³/mol. The number of nitrogens with one attached hydrogen (secondary N) is 2. The molecule has 176 valence electrons. The van der Waals surface area contributed by atoms with Crippen LogP contribution >= 0.6 is 0 Å². The van der Waals surface area contributed by atoms with Crippen molar-refractivity contribution in [2.75, 3.05) is 21.1 Å². The van der Waals surface area contributed by atoms with Gasteiger partial charge in [0.15, 0.2) is 0 Å². The van der Waals surface area contributed by atoms with Crippen molar-refractivity contribution in [2.24, 2.45) is 0 Å². The standard InChI is InChI=1S/C26H28N2.C2H7N.C2H6/c1-6-9-10-22-11-13-23(14-12-22)15-16-24-17-19-25(20-18-24)21(4)28(5)26(7-2)27-8-3;1-3-2;1-2/h6-9,11-14,17-20,26-27H,2-4,10H2,1,5H3;3H,1-2H3;1-2H3/b9-6+;;. The molecule has 0 spiro atoms. The Morgan fingerprint density at radius 1 is 0.970 bits per heavy atom. The first-order valence-corrected chi connectivity index (χ1v) is 11.3. The molecule has 2 rings (SSSR count). The second kappa shape index (κ2) is 18.1. The Hall–Kier alpha value is -3.48. The van der Waals surface area contributed by atoms with Gasteiger partial charge in [0.25, 0.3) is 0 Å². The quantitative estimate of drug-likeness (QED) is 0.288. The molecule has 3 heteroatoms. The van der Waals surface area contributed by atoms with Gasteiger partial charge in [-0.2, -0.15) is 0 Å². The Balaban J connectivity index is 0.00000189. The first-order valence-electron chi connectivity index (χ1n) is 11.3. The summed E-state index contributed by atoms with van der Waals surface area (Å²) in [5, 5.41) is 5.88. The Bertz CT molecular complexity index is 910. The minimum absolute atomic E-state index is 0.0553.